The van der Waals surface area contributed by atoms with Gasteiger partial charge in [-0.2, -0.15) is 0 Å². The summed E-state index contributed by atoms with van der Waals surface area (Å²) in [6, 6.07) is 16.3. The van der Waals surface area contributed by atoms with Gasteiger partial charge in [-0.1, -0.05) is 12.1 Å². The zero-order valence-corrected chi connectivity index (χ0v) is 13.9. The fourth-order valence-corrected chi connectivity index (χ4v) is 3.23. The first-order valence-corrected chi connectivity index (χ1v) is 8.24. The Morgan fingerprint density at radius 1 is 1.00 bits per heavy atom. The van der Waals surface area contributed by atoms with Gasteiger partial charge in [-0.3, -0.25) is 0 Å². The molecule has 0 fully saturated rings. The zero-order chi connectivity index (χ0) is 17.2. The summed E-state index contributed by atoms with van der Waals surface area (Å²) in [7, 11) is 1.71. The molecule has 0 saturated carbocycles. The Labute approximate surface area is 145 Å². The van der Waals surface area contributed by atoms with E-state index in [1.165, 1.54) is 23.3 Å². The summed E-state index contributed by atoms with van der Waals surface area (Å²) in [5, 5.41) is 8.67. The van der Waals surface area contributed by atoms with E-state index in [4.69, 9.17) is 4.74 Å². The van der Waals surface area contributed by atoms with Crippen LogP contribution in [0, 0.1) is 5.82 Å². The number of anilines is 1. The van der Waals surface area contributed by atoms with Gasteiger partial charge < -0.3 is 9.64 Å². The highest BCUT2D eigenvalue weighted by molar-refractivity contribution is 5.60. The van der Waals surface area contributed by atoms with Gasteiger partial charge in [0.1, 0.15) is 11.6 Å². The van der Waals surface area contributed by atoms with Crippen molar-refractivity contribution in [2.45, 2.75) is 13.0 Å². The lowest BCUT2D eigenvalue weighted by atomic mass is 9.98. The van der Waals surface area contributed by atoms with Gasteiger partial charge in [0, 0.05) is 24.2 Å². The second kappa shape index (κ2) is 6.51. The van der Waals surface area contributed by atoms with E-state index in [9.17, 15) is 4.39 Å². The molecule has 126 valence electrons. The third-order valence-corrected chi connectivity index (χ3v) is 4.56. The van der Waals surface area contributed by atoms with Crippen LogP contribution in [0.4, 0.5) is 10.2 Å². The van der Waals surface area contributed by atoms with E-state index in [2.05, 4.69) is 21.2 Å². The van der Waals surface area contributed by atoms with Gasteiger partial charge in [0.05, 0.1) is 12.8 Å². The van der Waals surface area contributed by atoms with E-state index in [1.54, 1.807) is 19.2 Å². The third-order valence-electron chi connectivity index (χ3n) is 4.56. The Kier molecular flexibility index (Phi) is 4.06. The van der Waals surface area contributed by atoms with Crippen LogP contribution < -0.4 is 9.64 Å². The van der Waals surface area contributed by atoms with Gasteiger partial charge in [0.2, 0.25) is 0 Å². The quantitative estimate of drug-likeness (QED) is 0.729. The fraction of sp³-hybridized carbons (Fsp3) is 0.200. The summed E-state index contributed by atoms with van der Waals surface area (Å²) < 4.78 is 18.5. The van der Waals surface area contributed by atoms with Gasteiger partial charge in [-0.05, 0) is 54.4 Å². The topological polar surface area (TPSA) is 38.2 Å². The second-order valence-corrected chi connectivity index (χ2v) is 6.05. The molecule has 25 heavy (non-hydrogen) atoms. The minimum atomic E-state index is -0.254. The number of nitrogens with zero attached hydrogens (tertiary/aromatic N) is 3. The molecule has 4 nitrogen and oxygen atoms in total. The number of ether oxygens (including phenoxy) is 1. The van der Waals surface area contributed by atoms with Crippen LogP contribution in [-0.4, -0.2) is 23.9 Å². The molecule has 0 bridgehead atoms. The highest BCUT2D eigenvalue weighted by Crippen LogP contribution is 2.29. The standard InChI is InChI=1S/C20H18FN3O/c1-25-19-4-2-3-15-13-24(12-11-17(15)19)20-10-9-18(22-23-20)14-5-7-16(21)8-6-14/h2-10H,11-13H2,1H3. The zero-order valence-electron chi connectivity index (χ0n) is 13.9. The van der Waals surface area contributed by atoms with Gasteiger partial charge in [-0.15, -0.1) is 10.2 Å². The van der Waals surface area contributed by atoms with E-state index >= 15 is 0 Å². The number of fused-ring (bicyclic) bond motifs is 1. The summed E-state index contributed by atoms with van der Waals surface area (Å²) in [5.74, 6) is 1.55. The molecule has 0 radical (unpaired) electrons. The third kappa shape index (κ3) is 3.05. The van der Waals surface area contributed by atoms with E-state index in [0.717, 1.165) is 42.3 Å². The van der Waals surface area contributed by atoms with Crippen molar-refractivity contribution in [3.8, 4) is 17.0 Å². The monoisotopic (exact) mass is 335 g/mol. The SMILES string of the molecule is COc1cccc2c1CCN(c1ccc(-c3ccc(F)cc3)nn1)C2. The summed E-state index contributed by atoms with van der Waals surface area (Å²) in [4.78, 5) is 2.21. The van der Waals surface area contributed by atoms with Gasteiger partial charge in [0.15, 0.2) is 5.82 Å². The Morgan fingerprint density at radius 2 is 1.84 bits per heavy atom. The number of rotatable bonds is 3. The summed E-state index contributed by atoms with van der Waals surface area (Å²) >= 11 is 0. The van der Waals surface area contributed by atoms with Crippen LogP contribution in [0.3, 0.4) is 0 Å². The molecule has 0 atom stereocenters. The average Bonchev–Trinajstić information content (AvgIpc) is 2.68. The minimum Gasteiger partial charge on any atom is -0.496 e. The fourth-order valence-electron chi connectivity index (χ4n) is 3.23. The average molecular weight is 335 g/mol. The molecule has 1 aliphatic rings. The largest absolute Gasteiger partial charge is 0.496 e. The molecule has 0 saturated heterocycles. The molecule has 0 aliphatic carbocycles. The van der Waals surface area contributed by atoms with Crippen molar-refractivity contribution in [3.63, 3.8) is 0 Å². The van der Waals surface area contributed by atoms with Crippen molar-refractivity contribution in [3.05, 3.63) is 71.5 Å². The molecule has 5 heteroatoms. The lowest BCUT2D eigenvalue weighted by Gasteiger charge is -2.30. The predicted molar refractivity (Wildman–Crippen MR) is 95.2 cm³/mol. The molecule has 2 aromatic carbocycles. The van der Waals surface area contributed by atoms with Crippen molar-refractivity contribution >= 4 is 5.82 Å². The molecule has 0 N–H and O–H groups in total. The number of hydrogen-bond donors (Lipinski definition) is 0. The molecular weight excluding hydrogens is 317 g/mol. The lowest BCUT2D eigenvalue weighted by molar-refractivity contribution is 0.407. The van der Waals surface area contributed by atoms with E-state index in [-0.39, 0.29) is 5.82 Å². The Hall–Kier alpha value is -2.95. The molecule has 3 aromatic rings. The number of methoxy groups -OCH3 is 1. The van der Waals surface area contributed by atoms with Crippen LogP contribution in [0.15, 0.2) is 54.6 Å². The lowest BCUT2D eigenvalue weighted by Crippen LogP contribution is -2.31. The van der Waals surface area contributed by atoms with Gasteiger partial charge in [-0.25, -0.2) is 4.39 Å². The maximum Gasteiger partial charge on any atom is 0.151 e. The van der Waals surface area contributed by atoms with Crippen molar-refractivity contribution in [1.29, 1.82) is 0 Å². The van der Waals surface area contributed by atoms with Crippen LogP contribution in [0.5, 0.6) is 5.75 Å². The Morgan fingerprint density at radius 3 is 2.56 bits per heavy atom. The normalized spacial score (nSPS) is 13.4. The maximum atomic E-state index is 13.0. The molecule has 0 amide bonds. The Balaban J connectivity index is 1.56. The maximum absolute atomic E-state index is 13.0. The second-order valence-electron chi connectivity index (χ2n) is 6.05. The Bertz CT molecular complexity index is 878. The van der Waals surface area contributed by atoms with Crippen LogP contribution in [0.25, 0.3) is 11.3 Å². The van der Waals surface area contributed by atoms with Crippen molar-refractivity contribution in [1.82, 2.24) is 10.2 Å². The van der Waals surface area contributed by atoms with E-state index in [1.807, 2.05) is 24.3 Å². The smallest absolute Gasteiger partial charge is 0.151 e. The summed E-state index contributed by atoms with van der Waals surface area (Å²) in [5.41, 5.74) is 4.13. The van der Waals surface area contributed by atoms with Crippen LogP contribution in [-0.2, 0) is 13.0 Å². The van der Waals surface area contributed by atoms with Crippen LogP contribution in [0.2, 0.25) is 0 Å². The molecular formula is C20H18FN3O. The summed E-state index contributed by atoms with van der Waals surface area (Å²) in [6.45, 7) is 1.66. The van der Waals surface area contributed by atoms with Crippen LogP contribution in [0.1, 0.15) is 11.1 Å². The highest BCUT2D eigenvalue weighted by atomic mass is 19.1. The molecule has 2 heterocycles. The number of hydrogen-bond acceptors (Lipinski definition) is 4. The highest BCUT2D eigenvalue weighted by Gasteiger charge is 2.20. The van der Waals surface area contributed by atoms with Crippen molar-refractivity contribution in [2.24, 2.45) is 0 Å². The first kappa shape index (κ1) is 15.6. The van der Waals surface area contributed by atoms with E-state index < -0.39 is 0 Å². The van der Waals surface area contributed by atoms with Gasteiger partial charge in [0.25, 0.3) is 0 Å². The number of halogens is 1. The van der Waals surface area contributed by atoms with Crippen LogP contribution >= 0.6 is 0 Å². The minimum absolute atomic E-state index is 0.254. The van der Waals surface area contributed by atoms with Gasteiger partial charge >= 0.3 is 0 Å². The predicted octanol–water partition coefficient (Wildman–Crippen LogP) is 3.85. The molecule has 0 spiro atoms. The molecule has 0 unspecified atom stereocenters. The first-order valence-electron chi connectivity index (χ1n) is 8.24. The van der Waals surface area contributed by atoms with Crippen molar-refractivity contribution in [2.75, 3.05) is 18.6 Å². The molecule has 1 aliphatic heterocycles. The molecule has 1 aromatic heterocycles. The number of benzene rings is 2. The molecule has 4 rings (SSSR count). The van der Waals surface area contributed by atoms with Crippen molar-refractivity contribution < 1.29 is 9.13 Å². The first-order chi connectivity index (χ1) is 12.2. The number of aromatic nitrogens is 2. The summed E-state index contributed by atoms with van der Waals surface area (Å²) in [6.07, 6.45) is 0.917. The van der Waals surface area contributed by atoms with E-state index in [0.29, 0.717) is 0 Å².